The van der Waals surface area contributed by atoms with Crippen LogP contribution in [0.1, 0.15) is 331 Å². The molecule has 0 aromatic heterocycles. The van der Waals surface area contributed by atoms with E-state index >= 15 is 38.4 Å². The minimum absolute atomic E-state index is 0.168. The molecule has 8 amide bonds. The second-order valence-electron chi connectivity index (χ2n) is 47.4. The van der Waals surface area contributed by atoms with Gasteiger partial charge in [-0.15, -0.1) is 0 Å². The summed E-state index contributed by atoms with van der Waals surface area (Å²) in [5.41, 5.74) is 9.13. The maximum absolute atomic E-state index is 17.2. The van der Waals surface area contributed by atoms with Crippen LogP contribution in [0.4, 0.5) is 11.4 Å². The minimum Gasteiger partial charge on any atom is -0.457 e. The molecule has 0 N–H and O–H groups in total. The van der Waals surface area contributed by atoms with Crippen molar-refractivity contribution in [3.8, 4) is 68.6 Å². The fourth-order valence-corrected chi connectivity index (χ4v) is 22.7. The van der Waals surface area contributed by atoms with Crippen molar-refractivity contribution in [2.24, 2.45) is 0 Å². The van der Waals surface area contributed by atoms with Gasteiger partial charge in [-0.3, -0.25) is 48.2 Å². The number of benzene rings is 17. The number of imide groups is 4. The molecule has 0 saturated carbocycles. The number of unbranched alkanes of at least 4 members (excludes halogenated alkanes) is 6. The molecule has 0 unspecified atom stereocenters. The van der Waals surface area contributed by atoms with Crippen LogP contribution in [0.3, 0.4) is 0 Å². The number of rotatable bonds is 21. The summed E-state index contributed by atoms with van der Waals surface area (Å²) in [4.78, 5) is 133. The van der Waals surface area contributed by atoms with Gasteiger partial charge in [-0.25, -0.2) is 9.80 Å². The summed E-state index contributed by atoms with van der Waals surface area (Å²) in [5.74, 6) is -0.00405. The number of nitrogens with zero attached hydrogens (tertiary/aromatic N) is 4. The van der Waals surface area contributed by atoms with E-state index in [9.17, 15) is 0 Å². The van der Waals surface area contributed by atoms with Crippen LogP contribution in [0.25, 0.3) is 97.3 Å². The van der Waals surface area contributed by atoms with Crippen LogP contribution in [0.5, 0.6) is 57.5 Å². The van der Waals surface area contributed by atoms with Crippen LogP contribution in [0.15, 0.2) is 218 Å². The first kappa shape index (κ1) is 95.7. The van der Waals surface area contributed by atoms with Crippen molar-refractivity contribution in [3.63, 3.8) is 0 Å². The lowest BCUT2D eigenvalue weighted by atomic mass is 9.70. The van der Waals surface area contributed by atoms with Crippen molar-refractivity contribution in [2.75, 3.05) is 22.9 Å². The highest BCUT2D eigenvalue weighted by Crippen LogP contribution is 2.61. The molecule has 0 bridgehead atoms. The first-order chi connectivity index (χ1) is 69.2. The van der Waals surface area contributed by atoms with Gasteiger partial charge in [-0.05, 0) is 227 Å². The number of ether oxygens (including phenoxy) is 5. The van der Waals surface area contributed by atoms with E-state index in [4.69, 9.17) is 23.7 Å². The van der Waals surface area contributed by atoms with Gasteiger partial charge >= 0.3 is 0 Å². The first-order valence-electron chi connectivity index (χ1n) is 51.6. The second kappa shape index (κ2) is 34.0. The predicted octanol–water partition coefficient (Wildman–Crippen LogP) is 32.8. The van der Waals surface area contributed by atoms with Gasteiger partial charge in [0.25, 0.3) is 47.3 Å². The van der Waals surface area contributed by atoms with Crippen LogP contribution < -0.4 is 33.5 Å². The molecule has 17 aromatic rings. The van der Waals surface area contributed by atoms with Gasteiger partial charge in [-0.1, -0.05) is 288 Å². The third-order valence-corrected chi connectivity index (χ3v) is 31.1. The van der Waals surface area contributed by atoms with Gasteiger partial charge in [0.2, 0.25) is 0 Å². The number of amides is 8. The quantitative estimate of drug-likeness (QED) is 0.0285. The number of carbonyl (C=O) groups excluding carboxylic acids is 8. The summed E-state index contributed by atoms with van der Waals surface area (Å²) in [5, 5.41) is 8.78. The van der Waals surface area contributed by atoms with E-state index in [-0.39, 0.29) is 85.9 Å². The normalized spacial score (nSPS) is 14.9. The van der Waals surface area contributed by atoms with Crippen LogP contribution in [-0.4, -0.2) is 70.1 Å². The molecule has 0 spiro atoms. The Morgan fingerprint density at radius 2 is 0.534 bits per heavy atom. The molecular formula is C129H122N4O13. The first-order valence-corrected chi connectivity index (χ1v) is 51.6. The molecule has 17 nitrogen and oxygen atoms in total. The molecule has 0 atom stereocenters. The molecule has 5 aliphatic rings. The fraction of sp³-hybridized carbons (Fsp3) is 0.302. The van der Waals surface area contributed by atoms with Crippen molar-refractivity contribution in [2.45, 2.75) is 242 Å². The highest BCUT2D eigenvalue weighted by atomic mass is 16.5. The standard InChI is InChI=1S/C129H122N4O13/c1-23-25-27-29-59-130-115(134)85-55-51-81-107-99(144-79-47-37-72(38-48-79)125(9,10)11)67-92-103-87(57-53-83(111(103)107)105-97(65-90(117(130)136)101(85)109(81)105)142-77-43-33-70(34-44-77)123(3,4)5)119(138)132(121(92)140)76-41-31-69(32-42-76)89-61-74(127(15,16)17)62-94-113(89)146-114-95(129(94,21)22)63-75(128(18,19)20)64-96(114)133-120(139)88-58-54-84-106-98(143-78-45-35-71(36-46-78)124(6,7)8)66-91-102-86(116(135)131(118(91)137)60-30-28-26-24-2)56-52-82(110(102)106)108-100(68-93(122(133)141)104(88)112(84)108)145-80-49-39-73(40-50-80)126(12,13)14/h31-58,61-68H,23-30,59-60H2,1-22H3. The molecular weight excluding hydrogens is 1810 g/mol. The largest absolute Gasteiger partial charge is 0.457 e. The Bertz CT molecular complexity index is 8510. The van der Waals surface area contributed by atoms with Gasteiger partial charge in [0.1, 0.15) is 51.7 Å². The summed E-state index contributed by atoms with van der Waals surface area (Å²) in [7, 11) is 0. The zero-order valence-electron chi connectivity index (χ0n) is 87.5. The minimum atomic E-state index is -0.918. The van der Waals surface area contributed by atoms with Gasteiger partial charge in [0, 0.05) is 122 Å². The lowest BCUT2D eigenvalue weighted by Crippen LogP contribution is -2.41. The van der Waals surface area contributed by atoms with E-state index < -0.39 is 51.7 Å². The SMILES string of the molecule is CCCCCCN1C(=O)c2ccc3c4c(Oc5ccc(C(C)(C)C)cc5)cc5c6c(ccc(c7c(Oc8ccc(C(C)(C)C)cc8)cc(c2c37)C1=O)c64)C(=O)N(c1ccc(-c2cc(C(C)(C)C)cc3c2Oc2c(N4C(=O)c6ccc7c8c(Oc9ccc(C(C)(C)C)cc9)cc9c%10c(ccc(c%11c(Oc%12ccc(C(C)(C)C)cc%12)cc(c6c7%11)C4=O)c%108)C(=O)N(CCCCCC)C9=O)cc(C(C)(C)C)cc2C3(C)C)cc1)C5=O. The second-order valence-corrected chi connectivity index (χ2v) is 47.4. The Hall–Kier alpha value is -15.1. The Morgan fingerprint density at radius 3 is 0.856 bits per heavy atom. The molecule has 0 aliphatic carbocycles. The zero-order valence-corrected chi connectivity index (χ0v) is 87.5. The van der Waals surface area contributed by atoms with E-state index in [0.717, 1.165) is 83.0 Å². The molecule has 0 fully saturated rings. The van der Waals surface area contributed by atoms with E-state index in [2.05, 4.69) is 171 Å². The predicted molar refractivity (Wildman–Crippen MR) is 585 cm³/mol. The summed E-state index contributed by atoms with van der Waals surface area (Å²) < 4.78 is 36.6. The van der Waals surface area contributed by atoms with Gasteiger partial charge < -0.3 is 23.7 Å². The molecule has 146 heavy (non-hydrogen) atoms. The van der Waals surface area contributed by atoms with Crippen molar-refractivity contribution < 1.29 is 62.0 Å². The lowest BCUT2D eigenvalue weighted by molar-refractivity contribution is 0.0592. The molecule has 5 heterocycles. The van der Waals surface area contributed by atoms with Crippen molar-refractivity contribution >= 4 is 145 Å². The monoisotopic (exact) mass is 1930 g/mol. The summed E-state index contributed by atoms with van der Waals surface area (Å²) >= 11 is 0. The van der Waals surface area contributed by atoms with E-state index in [1.54, 1.807) is 60.7 Å². The van der Waals surface area contributed by atoms with Crippen LogP contribution in [0, 0.1) is 0 Å². The van der Waals surface area contributed by atoms with E-state index in [1.807, 2.05) is 140 Å². The third-order valence-electron chi connectivity index (χ3n) is 31.1. The molecule has 5 aliphatic heterocycles. The third kappa shape index (κ3) is 15.3. The molecule has 736 valence electrons. The average molecular weight is 1940 g/mol. The molecule has 17 aromatic carbocycles. The number of fused-ring (bicyclic) bond motifs is 6. The smallest absolute Gasteiger partial charge is 0.266 e. The van der Waals surface area contributed by atoms with Gasteiger partial charge in [0.05, 0.1) is 33.6 Å². The Balaban J connectivity index is 0.688. The Morgan fingerprint density at radius 1 is 0.253 bits per heavy atom. The maximum Gasteiger partial charge on any atom is 0.266 e. The number of carbonyl (C=O) groups is 8. The Labute approximate surface area is 851 Å². The molecule has 0 radical (unpaired) electrons. The summed E-state index contributed by atoms with van der Waals surface area (Å²) in [6.45, 7) is 47.7. The maximum atomic E-state index is 17.2. The van der Waals surface area contributed by atoms with Crippen LogP contribution in [0.2, 0.25) is 0 Å². The van der Waals surface area contributed by atoms with Crippen molar-refractivity contribution in [1.29, 1.82) is 0 Å². The topological polar surface area (TPSA) is 196 Å². The van der Waals surface area contributed by atoms with Gasteiger partial charge in [0.15, 0.2) is 5.75 Å². The van der Waals surface area contributed by atoms with Crippen LogP contribution in [-0.2, 0) is 37.9 Å². The zero-order chi connectivity index (χ0) is 103. The van der Waals surface area contributed by atoms with E-state index in [0.29, 0.717) is 184 Å². The number of anilines is 2. The highest BCUT2D eigenvalue weighted by molar-refractivity contribution is 6.48. The molecule has 0 saturated heterocycles. The van der Waals surface area contributed by atoms with E-state index in [1.165, 1.54) is 19.6 Å². The van der Waals surface area contributed by atoms with Gasteiger partial charge in [-0.2, -0.15) is 0 Å². The highest BCUT2D eigenvalue weighted by Gasteiger charge is 2.48. The average Bonchev–Trinajstić information content (AvgIpc) is 0.679. The van der Waals surface area contributed by atoms with Crippen molar-refractivity contribution in [1.82, 2.24) is 9.80 Å². The molecule has 22 rings (SSSR count). The lowest BCUT2D eigenvalue weighted by Gasteiger charge is -2.40. The Kier molecular flexibility index (Phi) is 22.3. The number of hydrogen-bond donors (Lipinski definition) is 0. The van der Waals surface area contributed by atoms with Crippen LogP contribution >= 0.6 is 0 Å². The molecule has 17 heteroatoms. The summed E-state index contributed by atoms with van der Waals surface area (Å²) in [6, 6.07) is 69.2. The summed E-state index contributed by atoms with van der Waals surface area (Å²) in [6.07, 6.45) is 6.89. The fourth-order valence-electron chi connectivity index (χ4n) is 22.7. The van der Waals surface area contributed by atoms with Crippen molar-refractivity contribution in [3.05, 3.63) is 307 Å². The number of hydrogen-bond acceptors (Lipinski definition) is 13.